The average Bonchev–Trinajstić information content (AvgIpc) is 2.63. The van der Waals surface area contributed by atoms with E-state index in [2.05, 4.69) is 24.0 Å². The standard InChI is InChI=1S/C20H31NO3/c1-3-5-16-23-17-15-21-13-11-20(12-14-21,19(22)24-4-2)18-9-7-6-8-10-18/h6-10H,3-5,11-17H2,1-2H3. The maximum Gasteiger partial charge on any atom is 0.316 e. The summed E-state index contributed by atoms with van der Waals surface area (Å²) < 4.78 is 11.1. The van der Waals surface area contributed by atoms with Gasteiger partial charge >= 0.3 is 5.97 Å². The van der Waals surface area contributed by atoms with Crippen molar-refractivity contribution < 1.29 is 14.3 Å². The molecule has 1 heterocycles. The summed E-state index contributed by atoms with van der Waals surface area (Å²) in [6.07, 6.45) is 3.92. The molecule has 0 unspecified atom stereocenters. The molecule has 0 aliphatic carbocycles. The Morgan fingerprint density at radius 2 is 1.83 bits per heavy atom. The number of rotatable bonds is 9. The normalized spacial score (nSPS) is 17.6. The summed E-state index contributed by atoms with van der Waals surface area (Å²) in [5.74, 6) is -0.0740. The van der Waals surface area contributed by atoms with Gasteiger partial charge in [-0.2, -0.15) is 0 Å². The summed E-state index contributed by atoms with van der Waals surface area (Å²) in [7, 11) is 0. The first-order valence-electron chi connectivity index (χ1n) is 9.25. The Labute approximate surface area is 146 Å². The first-order chi connectivity index (χ1) is 11.7. The van der Waals surface area contributed by atoms with Gasteiger partial charge in [-0.3, -0.25) is 4.79 Å². The van der Waals surface area contributed by atoms with Crippen LogP contribution in [0.5, 0.6) is 0 Å². The van der Waals surface area contributed by atoms with Crippen LogP contribution < -0.4 is 0 Å². The van der Waals surface area contributed by atoms with E-state index in [4.69, 9.17) is 9.47 Å². The van der Waals surface area contributed by atoms with Gasteiger partial charge < -0.3 is 14.4 Å². The van der Waals surface area contributed by atoms with Crippen LogP contribution in [0.4, 0.5) is 0 Å². The average molecular weight is 333 g/mol. The zero-order chi connectivity index (χ0) is 17.3. The second-order valence-electron chi connectivity index (χ2n) is 6.48. The van der Waals surface area contributed by atoms with Crippen LogP contribution in [0.15, 0.2) is 30.3 Å². The van der Waals surface area contributed by atoms with Crippen LogP contribution in [-0.2, 0) is 19.7 Å². The zero-order valence-corrected chi connectivity index (χ0v) is 15.1. The molecule has 0 amide bonds. The maximum atomic E-state index is 12.7. The van der Waals surface area contributed by atoms with Crippen LogP contribution in [-0.4, -0.2) is 50.3 Å². The third kappa shape index (κ3) is 4.81. The molecule has 24 heavy (non-hydrogen) atoms. The highest BCUT2D eigenvalue weighted by atomic mass is 16.5. The van der Waals surface area contributed by atoms with Gasteiger partial charge in [-0.1, -0.05) is 43.7 Å². The Bertz CT molecular complexity index is 481. The number of hydrogen-bond acceptors (Lipinski definition) is 4. The number of esters is 1. The van der Waals surface area contributed by atoms with Gasteiger partial charge in [-0.15, -0.1) is 0 Å². The van der Waals surface area contributed by atoms with Crippen molar-refractivity contribution in [1.29, 1.82) is 0 Å². The van der Waals surface area contributed by atoms with E-state index >= 15 is 0 Å². The van der Waals surface area contributed by atoms with Crippen molar-refractivity contribution in [3.05, 3.63) is 35.9 Å². The molecule has 0 saturated carbocycles. The summed E-state index contributed by atoms with van der Waals surface area (Å²) in [5.41, 5.74) is 0.596. The second-order valence-corrected chi connectivity index (χ2v) is 6.48. The molecular formula is C20H31NO3. The van der Waals surface area contributed by atoms with Gasteiger partial charge in [0.15, 0.2) is 0 Å². The molecule has 1 aromatic carbocycles. The lowest BCUT2D eigenvalue weighted by Gasteiger charge is -2.40. The van der Waals surface area contributed by atoms with Gasteiger partial charge in [-0.25, -0.2) is 0 Å². The van der Waals surface area contributed by atoms with Crippen molar-refractivity contribution in [2.75, 3.05) is 39.5 Å². The minimum Gasteiger partial charge on any atom is -0.465 e. The van der Waals surface area contributed by atoms with Crippen LogP contribution >= 0.6 is 0 Å². The lowest BCUT2D eigenvalue weighted by Crippen LogP contribution is -2.48. The Hall–Kier alpha value is -1.39. The van der Waals surface area contributed by atoms with E-state index in [9.17, 15) is 4.79 Å². The molecule has 1 aliphatic heterocycles. The largest absolute Gasteiger partial charge is 0.465 e. The maximum absolute atomic E-state index is 12.7. The number of ether oxygens (including phenoxy) is 2. The summed E-state index contributed by atoms with van der Waals surface area (Å²) in [5, 5.41) is 0. The van der Waals surface area contributed by atoms with Crippen molar-refractivity contribution in [3.8, 4) is 0 Å². The molecule has 4 nitrogen and oxygen atoms in total. The van der Waals surface area contributed by atoms with E-state index in [0.717, 1.165) is 57.7 Å². The van der Waals surface area contributed by atoms with Crippen LogP contribution in [0.3, 0.4) is 0 Å². The van der Waals surface area contributed by atoms with Crippen molar-refractivity contribution >= 4 is 5.97 Å². The Morgan fingerprint density at radius 1 is 1.12 bits per heavy atom. The van der Waals surface area contributed by atoms with Crippen molar-refractivity contribution in [1.82, 2.24) is 4.90 Å². The molecule has 0 spiro atoms. The summed E-state index contributed by atoms with van der Waals surface area (Å²) in [6.45, 7) is 8.86. The predicted molar refractivity (Wildman–Crippen MR) is 96.2 cm³/mol. The van der Waals surface area contributed by atoms with Crippen LogP contribution in [0, 0.1) is 0 Å². The van der Waals surface area contributed by atoms with Crippen LogP contribution in [0.25, 0.3) is 0 Å². The highest BCUT2D eigenvalue weighted by Gasteiger charge is 2.43. The number of hydrogen-bond donors (Lipinski definition) is 0. The van der Waals surface area contributed by atoms with E-state index in [1.54, 1.807) is 0 Å². The molecule has 134 valence electrons. The molecule has 0 atom stereocenters. The number of benzene rings is 1. The quantitative estimate of drug-likeness (QED) is 0.513. The lowest BCUT2D eigenvalue weighted by atomic mass is 9.72. The molecule has 0 radical (unpaired) electrons. The van der Waals surface area contributed by atoms with E-state index in [0.29, 0.717) is 6.61 Å². The second kappa shape index (κ2) is 9.80. The van der Waals surface area contributed by atoms with Crippen LogP contribution in [0.2, 0.25) is 0 Å². The molecule has 1 aliphatic rings. The molecule has 0 N–H and O–H groups in total. The fourth-order valence-corrected chi connectivity index (χ4v) is 3.34. The topological polar surface area (TPSA) is 38.8 Å². The lowest BCUT2D eigenvalue weighted by molar-refractivity contribution is -0.152. The fourth-order valence-electron chi connectivity index (χ4n) is 3.34. The van der Waals surface area contributed by atoms with Gasteiger partial charge in [0.05, 0.1) is 18.6 Å². The number of carbonyl (C=O) groups is 1. The van der Waals surface area contributed by atoms with E-state index in [1.165, 1.54) is 6.42 Å². The van der Waals surface area contributed by atoms with Crippen molar-refractivity contribution in [2.45, 2.75) is 44.9 Å². The third-order valence-corrected chi connectivity index (χ3v) is 4.90. The molecule has 4 heteroatoms. The minimum absolute atomic E-state index is 0.0740. The Balaban J connectivity index is 1.94. The van der Waals surface area contributed by atoms with Gasteiger partial charge in [0.25, 0.3) is 0 Å². The summed E-state index contributed by atoms with van der Waals surface area (Å²) >= 11 is 0. The number of piperidine rings is 1. The molecule has 1 saturated heterocycles. The predicted octanol–water partition coefficient (Wildman–Crippen LogP) is 3.40. The number of nitrogens with zero attached hydrogens (tertiary/aromatic N) is 1. The van der Waals surface area contributed by atoms with E-state index in [-0.39, 0.29) is 5.97 Å². The van der Waals surface area contributed by atoms with Crippen molar-refractivity contribution in [3.63, 3.8) is 0 Å². The first-order valence-corrected chi connectivity index (χ1v) is 9.25. The SMILES string of the molecule is CCCCOCCN1CCC(C(=O)OCC)(c2ccccc2)CC1. The Kier molecular flexibility index (Phi) is 7.73. The van der Waals surface area contributed by atoms with Crippen molar-refractivity contribution in [2.24, 2.45) is 0 Å². The van der Waals surface area contributed by atoms with E-state index < -0.39 is 5.41 Å². The summed E-state index contributed by atoms with van der Waals surface area (Å²) in [6, 6.07) is 10.1. The van der Waals surface area contributed by atoms with E-state index in [1.807, 2.05) is 25.1 Å². The monoisotopic (exact) mass is 333 g/mol. The highest BCUT2D eigenvalue weighted by Crippen LogP contribution is 2.36. The van der Waals surface area contributed by atoms with Gasteiger partial charge in [0.2, 0.25) is 0 Å². The number of unbranched alkanes of at least 4 members (excludes halogenated alkanes) is 1. The Morgan fingerprint density at radius 3 is 2.46 bits per heavy atom. The van der Waals surface area contributed by atoms with Gasteiger partial charge in [-0.05, 0) is 44.8 Å². The summed E-state index contributed by atoms with van der Waals surface area (Å²) in [4.78, 5) is 15.1. The molecule has 1 aromatic rings. The highest BCUT2D eigenvalue weighted by molar-refractivity contribution is 5.83. The number of carbonyl (C=O) groups excluding carboxylic acids is 1. The smallest absolute Gasteiger partial charge is 0.316 e. The molecule has 1 fully saturated rings. The third-order valence-electron chi connectivity index (χ3n) is 4.90. The van der Waals surface area contributed by atoms with Gasteiger partial charge in [0.1, 0.15) is 0 Å². The molecule has 0 bridgehead atoms. The zero-order valence-electron chi connectivity index (χ0n) is 15.1. The van der Waals surface area contributed by atoms with Gasteiger partial charge in [0, 0.05) is 13.2 Å². The number of likely N-dealkylation sites (tertiary alicyclic amines) is 1. The first kappa shape index (κ1) is 18.9. The molecular weight excluding hydrogens is 302 g/mol. The fraction of sp³-hybridized carbons (Fsp3) is 0.650. The minimum atomic E-state index is -0.489. The molecule has 0 aromatic heterocycles. The molecule has 2 rings (SSSR count). The van der Waals surface area contributed by atoms with Crippen LogP contribution in [0.1, 0.15) is 45.1 Å².